The summed E-state index contributed by atoms with van der Waals surface area (Å²) < 4.78 is 0. The van der Waals surface area contributed by atoms with Crippen molar-refractivity contribution in [3.8, 4) is 0 Å². The molecule has 1 aliphatic heterocycles. The maximum atomic E-state index is 10.5. The fourth-order valence-electron chi connectivity index (χ4n) is 1.96. The summed E-state index contributed by atoms with van der Waals surface area (Å²) >= 11 is 0. The third kappa shape index (κ3) is 2.29. The number of carbonyl (C=O) groups excluding carboxylic acids is 1. The van der Waals surface area contributed by atoms with E-state index in [2.05, 4.69) is 10.6 Å². The molecule has 0 aliphatic carbocycles. The first-order chi connectivity index (χ1) is 5.83. The Kier molecular flexibility index (Phi) is 3.69. The van der Waals surface area contributed by atoms with Crippen LogP contribution in [0.3, 0.4) is 0 Å². The van der Waals surface area contributed by atoms with Crippen molar-refractivity contribution in [1.29, 1.82) is 0 Å². The molecule has 0 saturated carbocycles. The van der Waals surface area contributed by atoms with Crippen molar-refractivity contribution in [1.82, 2.24) is 10.6 Å². The van der Waals surface area contributed by atoms with Crippen molar-refractivity contribution in [2.24, 2.45) is 5.41 Å². The van der Waals surface area contributed by atoms with Crippen LogP contribution in [0.5, 0.6) is 0 Å². The van der Waals surface area contributed by atoms with Crippen LogP contribution in [-0.4, -0.2) is 33.0 Å². The standard InChI is InChI=1S/C9H18N2O/c1-10-8-9(4-7-12)2-5-11-6-3-9/h7,10-11H,2-6,8H2,1H3. The molecule has 1 aliphatic rings. The van der Waals surface area contributed by atoms with E-state index in [0.29, 0.717) is 6.42 Å². The van der Waals surface area contributed by atoms with E-state index in [-0.39, 0.29) is 5.41 Å². The van der Waals surface area contributed by atoms with Crippen molar-refractivity contribution in [3.05, 3.63) is 0 Å². The van der Waals surface area contributed by atoms with Crippen LogP contribution < -0.4 is 10.6 Å². The average Bonchev–Trinajstić information content (AvgIpc) is 2.07. The highest BCUT2D eigenvalue weighted by Gasteiger charge is 2.30. The highest BCUT2D eigenvalue weighted by molar-refractivity contribution is 5.51. The van der Waals surface area contributed by atoms with Gasteiger partial charge in [0.25, 0.3) is 0 Å². The zero-order valence-electron chi connectivity index (χ0n) is 7.73. The van der Waals surface area contributed by atoms with Crippen molar-refractivity contribution < 1.29 is 4.79 Å². The molecular weight excluding hydrogens is 152 g/mol. The van der Waals surface area contributed by atoms with Gasteiger partial charge >= 0.3 is 0 Å². The largest absolute Gasteiger partial charge is 0.319 e. The lowest BCUT2D eigenvalue weighted by Gasteiger charge is -2.36. The van der Waals surface area contributed by atoms with Crippen LogP contribution in [-0.2, 0) is 4.79 Å². The van der Waals surface area contributed by atoms with E-state index in [0.717, 1.165) is 38.8 Å². The summed E-state index contributed by atoms with van der Waals surface area (Å²) in [5.41, 5.74) is 0.238. The average molecular weight is 170 g/mol. The van der Waals surface area contributed by atoms with E-state index in [4.69, 9.17) is 0 Å². The Bertz CT molecular complexity index is 136. The summed E-state index contributed by atoms with van der Waals surface area (Å²) in [6, 6.07) is 0. The molecule has 1 saturated heterocycles. The number of nitrogens with one attached hydrogen (secondary N) is 2. The molecule has 0 spiro atoms. The summed E-state index contributed by atoms with van der Waals surface area (Å²) in [6.07, 6.45) is 4.00. The van der Waals surface area contributed by atoms with Crippen LogP contribution in [0.4, 0.5) is 0 Å². The molecule has 1 heterocycles. The van der Waals surface area contributed by atoms with Crippen LogP contribution in [0.1, 0.15) is 19.3 Å². The van der Waals surface area contributed by atoms with E-state index >= 15 is 0 Å². The van der Waals surface area contributed by atoms with Gasteiger partial charge in [0.1, 0.15) is 6.29 Å². The van der Waals surface area contributed by atoms with Gasteiger partial charge in [0.15, 0.2) is 0 Å². The maximum Gasteiger partial charge on any atom is 0.120 e. The molecule has 3 nitrogen and oxygen atoms in total. The molecule has 0 amide bonds. The molecule has 2 N–H and O–H groups in total. The van der Waals surface area contributed by atoms with Gasteiger partial charge in [-0.2, -0.15) is 0 Å². The third-order valence-corrected chi connectivity index (χ3v) is 2.73. The van der Waals surface area contributed by atoms with Gasteiger partial charge in [-0.1, -0.05) is 0 Å². The number of aldehydes is 1. The van der Waals surface area contributed by atoms with Crippen molar-refractivity contribution >= 4 is 6.29 Å². The Morgan fingerprint density at radius 1 is 1.50 bits per heavy atom. The molecule has 0 aromatic rings. The van der Waals surface area contributed by atoms with E-state index in [1.165, 1.54) is 0 Å². The zero-order valence-corrected chi connectivity index (χ0v) is 7.73. The fraction of sp³-hybridized carbons (Fsp3) is 0.889. The number of carbonyl (C=O) groups is 1. The Labute approximate surface area is 73.9 Å². The van der Waals surface area contributed by atoms with Crippen molar-refractivity contribution in [2.75, 3.05) is 26.7 Å². The molecule has 1 rings (SSSR count). The lowest BCUT2D eigenvalue weighted by atomic mass is 9.76. The number of hydrogen-bond acceptors (Lipinski definition) is 3. The summed E-state index contributed by atoms with van der Waals surface area (Å²) in [4.78, 5) is 10.5. The van der Waals surface area contributed by atoms with E-state index < -0.39 is 0 Å². The molecule has 70 valence electrons. The molecule has 0 radical (unpaired) electrons. The van der Waals surface area contributed by atoms with Gasteiger partial charge in [0.05, 0.1) is 0 Å². The van der Waals surface area contributed by atoms with Crippen LogP contribution >= 0.6 is 0 Å². The Morgan fingerprint density at radius 2 is 2.17 bits per heavy atom. The predicted molar refractivity (Wildman–Crippen MR) is 49.1 cm³/mol. The molecule has 0 aromatic heterocycles. The second-order valence-corrected chi connectivity index (χ2v) is 3.65. The molecule has 12 heavy (non-hydrogen) atoms. The molecule has 0 atom stereocenters. The summed E-state index contributed by atoms with van der Waals surface area (Å²) in [5, 5.41) is 6.49. The van der Waals surface area contributed by atoms with Gasteiger partial charge in [0.2, 0.25) is 0 Å². The first-order valence-corrected chi connectivity index (χ1v) is 4.62. The zero-order chi connectivity index (χ0) is 8.86. The van der Waals surface area contributed by atoms with Gasteiger partial charge in [-0.05, 0) is 38.4 Å². The Balaban J connectivity index is 2.49. The van der Waals surface area contributed by atoms with E-state index in [1.807, 2.05) is 7.05 Å². The number of piperidine rings is 1. The van der Waals surface area contributed by atoms with Crippen LogP contribution in [0.15, 0.2) is 0 Å². The smallest absolute Gasteiger partial charge is 0.120 e. The minimum atomic E-state index is 0.238. The molecule has 0 bridgehead atoms. The highest BCUT2D eigenvalue weighted by Crippen LogP contribution is 2.30. The summed E-state index contributed by atoms with van der Waals surface area (Å²) in [7, 11) is 1.95. The lowest BCUT2D eigenvalue weighted by molar-refractivity contribution is -0.110. The monoisotopic (exact) mass is 170 g/mol. The second kappa shape index (κ2) is 4.58. The van der Waals surface area contributed by atoms with Crippen molar-refractivity contribution in [3.63, 3.8) is 0 Å². The molecule has 3 heteroatoms. The van der Waals surface area contributed by atoms with Gasteiger partial charge in [-0.25, -0.2) is 0 Å². The van der Waals surface area contributed by atoms with E-state index in [1.54, 1.807) is 0 Å². The quantitative estimate of drug-likeness (QED) is 0.591. The Hall–Kier alpha value is -0.410. The van der Waals surface area contributed by atoms with Gasteiger partial charge in [-0.3, -0.25) is 0 Å². The fourth-order valence-corrected chi connectivity index (χ4v) is 1.96. The Morgan fingerprint density at radius 3 is 2.67 bits per heavy atom. The topological polar surface area (TPSA) is 41.1 Å². The molecule has 0 unspecified atom stereocenters. The number of rotatable bonds is 4. The van der Waals surface area contributed by atoms with E-state index in [9.17, 15) is 4.79 Å². The second-order valence-electron chi connectivity index (χ2n) is 3.65. The number of hydrogen-bond donors (Lipinski definition) is 2. The first-order valence-electron chi connectivity index (χ1n) is 4.62. The van der Waals surface area contributed by atoms with Crippen molar-refractivity contribution in [2.45, 2.75) is 19.3 Å². The van der Waals surface area contributed by atoms with Gasteiger partial charge in [-0.15, -0.1) is 0 Å². The van der Waals surface area contributed by atoms with Crippen LogP contribution in [0.25, 0.3) is 0 Å². The molecular formula is C9H18N2O. The molecule has 0 aromatic carbocycles. The first kappa shape index (κ1) is 9.68. The normalized spacial score (nSPS) is 22.1. The SMILES string of the molecule is CNCC1(CC=O)CCNCC1. The third-order valence-electron chi connectivity index (χ3n) is 2.73. The minimum absolute atomic E-state index is 0.238. The highest BCUT2D eigenvalue weighted by atomic mass is 16.1. The maximum absolute atomic E-state index is 10.5. The predicted octanol–water partition coefficient (Wildman–Crippen LogP) is 0.165. The lowest BCUT2D eigenvalue weighted by Crippen LogP contribution is -2.42. The van der Waals surface area contributed by atoms with Crippen LogP contribution in [0, 0.1) is 5.41 Å². The summed E-state index contributed by atoms with van der Waals surface area (Å²) in [6.45, 7) is 3.07. The van der Waals surface area contributed by atoms with Crippen LogP contribution in [0.2, 0.25) is 0 Å². The molecule has 1 fully saturated rings. The minimum Gasteiger partial charge on any atom is -0.319 e. The van der Waals surface area contributed by atoms with Gasteiger partial charge in [0, 0.05) is 13.0 Å². The van der Waals surface area contributed by atoms with Gasteiger partial charge < -0.3 is 15.4 Å². The summed E-state index contributed by atoms with van der Waals surface area (Å²) in [5.74, 6) is 0.